The van der Waals surface area contributed by atoms with E-state index in [0.717, 1.165) is 39.0 Å². The number of hydrogen-bond donors (Lipinski definition) is 0. The highest BCUT2D eigenvalue weighted by Crippen LogP contribution is 2.24. The number of carbonyl (C=O) groups excluding carboxylic acids is 3. The summed E-state index contributed by atoms with van der Waals surface area (Å²) in [6.45, 7) is 7.82. The molecule has 0 radical (unpaired) electrons. The first kappa shape index (κ1) is 23.0. The highest BCUT2D eigenvalue weighted by molar-refractivity contribution is 6.21. The lowest BCUT2D eigenvalue weighted by molar-refractivity contribution is -0.132. The van der Waals surface area contributed by atoms with Crippen molar-refractivity contribution in [3.63, 3.8) is 0 Å². The molecule has 1 fully saturated rings. The lowest BCUT2D eigenvalue weighted by Gasteiger charge is -2.37. The number of anilines is 1. The molecule has 0 N–H and O–H groups in total. The molecule has 4 amide bonds. The first-order valence-electron chi connectivity index (χ1n) is 11.8. The molecule has 1 unspecified atom stereocenters. The molecule has 3 aliphatic rings. The Labute approximate surface area is 195 Å². The van der Waals surface area contributed by atoms with Gasteiger partial charge in [0.05, 0.1) is 11.6 Å². The molecule has 2 heterocycles. The normalized spacial score (nSPS) is 20.2. The second-order valence-electron chi connectivity index (χ2n) is 8.93. The summed E-state index contributed by atoms with van der Waals surface area (Å²) in [5.41, 5.74) is 4.38. The summed E-state index contributed by atoms with van der Waals surface area (Å²) in [7, 11) is 0. The summed E-state index contributed by atoms with van der Waals surface area (Å²) in [6.07, 6.45) is 9.82. The lowest BCUT2D eigenvalue weighted by atomic mass is 9.95. The maximum Gasteiger partial charge on any atom is 0.350 e. The summed E-state index contributed by atoms with van der Waals surface area (Å²) in [6, 6.07) is 5.90. The summed E-state index contributed by atoms with van der Waals surface area (Å²) in [4.78, 5) is 47.0. The van der Waals surface area contributed by atoms with Crippen LogP contribution in [0, 0.1) is 19.8 Å². The van der Waals surface area contributed by atoms with Gasteiger partial charge in [-0.1, -0.05) is 36.8 Å². The highest BCUT2D eigenvalue weighted by atomic mass is 16.2. The molecule has 7 nitrogen and oxygen atoms in total. The van der Waals surface area contributed by atoms with E-state index in [1.165, 1.54) is 21.7 Å². The zero-order chi connectivity index (χ0) is 23.4. The average molecular weight is 449 g/mol. The first-order chi connectivity index (χ1) is 16.0. The Kier molecular flexibility index (Phi) is 7.06. The van der Waals surface area contributed by atoms with Gasteiger partial charge in [0, 0.05) is 44.8 Å². The molecule has 0 aromatic heterocycles. The number of imide groups is 1. The van der Waals surface area contributed by atoms with Crippen molar-refractivity contribution in [2.75, 3.05) is 37.6 Å². The number of unbranched alkanes of at least 4 members (excludes halogenated alkanes) is 2. The van der Waals surface area contributed by atoms with Crippen molar-refractivity contribution in [2.24, 2.45) is 10.9 Å². The SMILES string of the molecule is Cc1cccc(N2CCN(C(=O)CCCCCN3C(=O)N=C4C=CC=CC4C3=O)CC2)c1C. The Morgan fingerprint density at radius 3 is 2.61 bits per heavy atom. The molecule has 0 saturated carbocycles. The summed E-state index contributed by atoms with van der Waals surface area (Å²) in [5.74, 6) is -0.464. The average Bonchev–Trinajstić information content (AvgIpc) is 2.82. The molecular formula is C26H32N4O3. The molecule has 4 rings (SSSR count). The van der Waals surface area contributed by atoms with Crippen molar-refractivity contribution in [3.8, 4) is 0 Å². The van der Waals surface area contributed by atoms with Crippen LogP contribution in [0.1, 0.15) is 36.8 Å². The van der Waals surface area contributed by atoms with Crippen LogP contribution in [0.25, 0.3) is 0 Å². The molecule has 0 bridgehead atoms. The third-order valence-corrected chi connectivity index (χ3v) is 6.81. The van der Waals surface area contributed by atoms with Gasteiger partial charge < -0.3 is 9.80 Å². The van der Waals surface area contributed by atoms with Crippen molar-refractivity contribution >= 4 is 29.2 Å². The number of allylic oxidation sites excluding steroid dienone is 3. The number of benzene rings is 1. The number of aliphatic imine (C=N–C) groups is 1. The Bertz CT molecular complexity index is 1020. The quantitative estimate of drug-likeness (QED) is 0.597. The molecule has 2 aliphatic heterocycles. The molecular weight excluding hydrogens is 416 g/mol. The summed E-state index contributed by atoms with van der Waals surface area (Å²) >= 11 is 0. The van der Waals surface area contributed by atoms with Gasteiger partial charge in [0.25, 0.3) is 0 Å². The topological polar surface area (TPSA) is 73.3 Å². The van der Waals surface area contributed by atoms with E-state index in [9.17, 15) is 14.4 Å². The van der Waals surface area contributed by atoms with Gasteiger partial charge >= 0.3 is 6.03 Å². The first-order valence-corrected chi connectivity index (χ1v) is 11.8. The van der Waals surface area contributed by atoms with E-state index < -0.39 is 11.9 Å². The van der Waals surface area contributed by atoms with Crippen LogP contribution in [0.15, 0.2) is 47.5 Å². The standard InChI is InChI=1S/C26H32N4O3/c1-19-9-8-12-23(20(19)2)28-15-17-29(18-16-28)24(31)13-4-3-7-14-30-25(32)21-10-5-6-11-22(21)27-26(30)33/h5-6,8-12,21H,3-4,7,13-18H2,1-2H3. The van der Waals surface area contributed by atoms with Gasteiger partial charge in [-0.2, -0.15) is 4.99 Å². The molecule has 1 saturated heterocycles. The molecule has 0 spiro atoms. The molecule has 1 aromatic carbocycles. The maximum absolute atomic E-state index is 12.6. The van der Waals surface area contributed by atoms with Gasteiger partial charge in [-0.05, 0) is 50.0 Å². The molecule has 33 heavy (non-hydrogen) atoms. The predicted molar refractivity (Wildman–Crippen MR) is 129 cm³/mol. The van der Waals surface area contributed by atoms with E-state index in [2.05, 4.69) is 41.9 Å². The number of amides is 4. The number of carbonyl (C=O) groups is 3. The van der Waals surface area contributed by atoms with Crippen LogP contribution in [0.2, 0.25) is 0 Å². The van der Waals surface area contributed by atoms with Crippen molar-refractivity contribution < 1.29 is 14.4 Å². The van der Waals surface area contributed by atoms with E-state index in [1.807, 2.05) is 11.0 Å². The van der Waals surface area contributed by atoms with Crippen LogP contribution >= 0.6 is 0 Å². The van der Waals surface area contributed by atoms with Crippen molar-refractivity contribution in [3.05, 3.63) is 53.6 Å². The van der Waals surface area contributed by atoms with E-state index in [4.69, 9.17) is 0 Å². The largest absolute Gasteiger partial charge is 0.368 e. The fraction of sp³-hybridized carbons (Fsp3) is 0.462. The third-order valence-electron chi connectivity index (χ3n) is 6.81. The fourth-order valence-electron chi connectivity index (χ4n) is 4.64. The van der Waals surface area contributed by atoms with Gasteiger partial charge in [-0.25, -0.2) is 4.79 Å². The van der Waals surface area contributed by atoms with E-state index in [1.54, 1.807) is 18.2 Å². The van der Waals surface area contributed by atoms with Crippen molar-refractivity contribution in [1.82, 2.24) is 9.80 Å². The fourth-order valence-corrected chi connectivity index (χ4v) is 4.64. The minimum absolute atomic E-state index is 0.189. The minimum atomic E-state index is -0.482. The number of hydrogen-bond acceptors (Lipinski definition) is 4. The number of piperazine rings is 1. The molecule has 1 aliphatic carbocycles. The van der Waals surface area contributed by atoms with Gasteiger partial charge in [-0.15, -0.1) is 0 Å². The molecule has 7 heteroatoms. The number of rotatable bonds is 7. The Morgan fingerprint density at radius 2 is 1.82 bits per heavy atom. The Morgan fingerprint density at radius 1 is 1.03 bits per heavy atom. The van der Waals surface area contributed by atoms with Crippen LogP contribution in [0.5, 0.6) is 0 Å². The van der Waals surface area contributed by atoms with Gasteiger partial charge in [-0.3, -0.25) is 14.5 Å². The number of fused-ring (bicyclic) bond motifs is 1. The number of nitrogens with zero attached hydrogens (tertiary/aromatic N) is 4. The second-order valence-corrected chi connectivity index (χ2v) is 8.93. The van der Waals surface area contributed by atoms with Crippen LogP contribution in [-0.2, 0) is 9.59 Å². The van der Waals surface area contributed by atoms with E-state index in [0.29, 0.717) is 25.1 Å². The monoisotopic (exact) mass is 448 g/mol. The molecule has 174 valence electrons. The summed E-state index contributed by atoms with van der Waals surface area (Å²) in [5, 5.41) is 0. The van der Waals surface area contributed by atoms with Crippen LogP contribution in [0.3, 0.4) is 0 Å². The van der Waals surface area contributed by atoms with Crippen LogP contribution in [0.4, 0.5) is 10.5 Å². The van der Waals surface area contributed by atoms with Gasteiger partial charge in [0.1, 0.15) is 0 Å². The third kappa shape index (κ3) is 5.07. The molecule has 1 atom stereocenters. The summed E-state index contributed by atoms with van der Waals surface area (Å²) < 4.78 is 0. The maximum atomic E-state index is 12.6. The van der Waals surface area contributed by atoms with E-state index in [-0.39, 0.29) is 11.8 Å². The minimum Gasteiger partial charge on any atom is -0.368 e. The Balaban J connectivity index is 1.17. The van der Waals surface area contributed by atoms with Crippen LogP contribution in [-0.4, -0.2) is 66.1 Å². The smallest absolute Gasteiger partial charge is 0.350 e. The predicted octanol–water partition coefficient (Wildman–Crippen LogP) is 3.66. The van der Waals surface area contributed by atoms with Crippen LogP contribution < -0.4 is 4.90 Å². The zero-order valence-corrected chi connectivity index (χ0v) is 19.5. The van der Waals surface area contributed by atoms with E-state index >= 15 is 0 Å². The van der Waals surface area contributed by atoms with Crippen molar-refractivity contribution in [1.29, 1.82) is 0 Å². The number of urea groups is 1. The Hall–Kier alpha value is -3.22. The second kappa shape index (κ2) is 10.1. The highest BCUT2D eigenvalue weighted by Gasteiger charge is 2.35. The zero-order valence-electron chi connectivity index (χ0n) is 19.5. The van der Waals surface area contributed by atoms with Crippen molar-refractivity contribution in [2.45, 2.75) is 39.5 Å². The number of aryl methyl sites for hydroxylation is 1. The van der Waals surface area contributed by atoms with Gasteiger partial charge in [0.15, 0.2) is 0 Å². The van der Waals surface area contributed by atoms with Gasteiger partial charge in [0.2, 0.25) is 11.8 Å². The molecule has 1 aromatic rings. The lowest BCUT2D eigenvalue weighted by Crippen LogP contribution is -2.49.